The number of fused-ring (bicyclic) bond motifs is 1. The van der Waals surface area contributed by atoms with E-state index in [-0.39, 0.29) is 12.2 Å². The molecule has 10 heteroatoms. The molecule has 204 valence electrons. The fourth-order valence-electron chi connectivity index (χ4n) is 4.46. The summed E-state index contributed by atoms with van der Waals surface area (Å²) in [6.07, 6.45) is 1.81. The van der Waals surface area contributed by atoms with E-state index in [4.69, 9.17) is 21.1 Å². The van der Waals surface area contributed by atoms with E-state index in [0.717, 1.165) is 25.6 Å². The van der Waals surface area contributed by atoms with Gasteiger partial charge in [0.05, 0.1) is 37.4 Å². The van der Waals surface area contributed by atoms with Crippen molar-refractivity contribution in [2.24, 2.45) is 4.99 Å². The van der Waals surface area contributed by atoms with Crippen LogP contribution < -0.4 is 19.6 Å². The molecule has 0 radical (unpaired) electrons. The van der Waals surface area contributed by atoms with Crippen LogP contribution in [-0.2, 0) is 16.1 Å². The molecular formula is C30H23Br2ClN2O4S. The average Bonchev–Trinajstić information content (AvgIpc) is 3.23. The molecule has 0 saturated heterocycles. The lowest BCUT2D eigenvalue weighted by atomic mass is 9.96. The second-order valence-corrected chi connectivity index (χ2v) is 12.0. The zero-order valence-corrected chi connectivity index (χ0v) is 26.2. The summed E-state index contributed by atoms with van der Waals surface area (Å²) in [5, 5.41) is 0.636. The molecule has 0 unspecified atom stereocenters. The van der Waals surface area contributed by atoms with Crippen molar-refractivity contribution in [2.45, 2.75) is 26.5 Å². The Morgan fingerprint density at radius 1 is 1.10 bits per heavy atom. The molecule has 1 aliphatic rings. The molecule has 1 aromatic heterocycles. The van der Waals surface area contributed by atoms with Crippen molar-refractivity contribution < 1.29 is 14.3 Å². The molecule has 0 N–H and O–H groups in total. The van der Waals surface area contributed by atoms with Gasteiger partial charge in [0.2, 0.25) is 0 Å². The van der Waals surface area contributed by atoms with Gasteiger partial charge in [-0.05, 0) is 81.1 Å². The van der Waals surface area contributed by atoms with Crippen molar-refractivity contribution in [3.8, 4) is 5.75 Å². The Bertz CT molecular complexity index is 1790. The van der Waals surface area contributed by atoms with Crippen molar-refractivity contribution in [2.75, 3.05) is 6.61 Å². The van der Waals surface area contributed by atoms with Gasteiger partial charge in [0, 0.05) is 10.6 Å². The van der Waals surface area contributed by atoms with E-state index in [1.54, 1.807) is 18.4 Å². The first-order chi connectivity index (χ1) is 19.3. The normalized spacial score (nSPS) is 15.0. The Morgan fingerprint density at radius 3 is 2.45 bits per heavy atom. The fourth-order valence-corrected chi connectivity index (χ4v) is 7.15. The summed E-state index contributed by atoms with van der Waals surface area (Å²) in [5.41, 5.74) is 3.12. The lowest BCUT2D eigenvalue weighted by Crippen LogP contribution is -2.39. The Balaban J connectivity index is 1.55. The SMILES string of the molecule is CCOC(=O)C1=C(C)N=c2s/c(=C\c3cc(Br)c(OCc4ccccc4Cl)c(Br)c3)c(=O)n2[C@@H]1c1ccccc1. The summed E-state index contributed by atoms with van der Waals surface area (Å²) in [7, 11) is 0. The number of ether oxygens (including phenoxy) is 2. The van der Waals surface area contributed by atoms with Crippen LogP contribution in [0.4, 0.5) is 0 Å². The summed E-state index contributed by atoms with van der Waals surface area (Å²) in [5.74, 6) is 0.143. The quantitative estimate of drug-likeness (QED) is 0.205. The summed E-state index contributed by atoms with van der Waals surface area (Å²) in [6, 6.07) is 20.1. The minimum absolute atomic E-state index is 0.226. The highest BCUT2D eigenvalue weighted by Crippen LogP contribution is 2.36. The maximum Gasteiger partial charge on any atom is 0.338 e. The first-order valence-electron chi connectivity index (χ1n) is 12.4. The van der Waals surface area contributed by atoms with Crippen LogP contribution in [0.15, 0.2) is 96.7 Å². The average molecular weight is 703 g/mol. The van der Waals surface area contributed by atoms with Gasteiger partial charge in [-0.3, -0.25) is 9.36 Å². The minimum Gasteiger partial charge on any atom is -0.486 e. The second-order valence-electron chi connectivity index (χ2n) is 8.91. The van der Waals surface area contributed by atoms with Crippen LogP contribution in [0.5, 0.6) is 5.75 Å². The van der Waals surface area contributed by atoms with Gasteiger partial charge < -0.3 is 9.47 Å². The number of rotatable bonds is 7. The Hall–Kier alpha value is -2.98. The molecular weight excluding hydrogens is 680 g/mol. The third-order valence-corrected chi connectivity index (χ3v) is 8.81. The minimum atomic E-state index is -0.641. The monoisotopic (exact) mass is 700 g/mol. The molecule has 40 heavy (non-hydrogen) atoms. The van der Waals surface area contributed by atoms with Crippen LogP contribution in [0, 0.1) is 0 Å². The van der Waals surface area contributed by atoms with E-state index in [2.05, 4.69) is 36.9 Å². The van der Waals surface area contributed by atoms with Crippen LogP contribution in [0.25, 0.3) is 6.08 Å². The molecule has 0 aliphatic carbocycles. The molecule has 6 nitrogen and oxygen atoms in total. The third kappa shape index (κ3) is 5.74. The molecule has 2 heterocycles. The summed E-state index contributed by atoms with van der Waals surface area (Å²) in [4.78, 5) is 32.0. The summed E-state index contributed by atoms with van der Waals surface area (Å²) >= 11 is 14.7. The highest BCUT2D eigenvalue weighted by molar-refractivity contribution is 9.11. The Labute approximate surface area is 256 Å². The van der Waals surface area contributed by atoms with Crippen molar-refractivity contribution in [3.63, 3.8) is 0 Å². The van der Waals surface area contributed by atoms with Gasteiger partial charge in [0.15, 0.2) is 4.80 Å². The zero-order chi connectivity index (χ0) is 28.4. The predicted molar refractivity (Wildman–Crippen MR) is 164 cm³/mol. The van der Waals surface area contributed by atoms with Crippen molar-refractivity contribution in [1.29, 1.82) is 0 Å². The highest BCUT2D eigenvalue weighted by Gasteiger charge is 2.33. The Morgan fingerprint density at radius 2 is 1.77 bits per heavy atom. The van der Waals surface area contributed by atoms with E-state index in [1.807, 2.05) is 72.8 Å². The summed E-state index contributed by atoms with van der Waals surface area (Å²) < 4.78 is 14.9. The number of esters is 1. The van der Waals surface area contributed by atoms with Crippen LogP contribution in [0.3, 0.4) is 0 Å². The number of allylic oxidation sites excluding steroid dienone is 1. The number of aromatic nitrogens is 1. The summed E-state index contributed by atoms with van der Waals surface area (Å²) in [6.45, 7) is 4.05. The molecule has 0 fully saturated rings. The van der Waals surface area contributed by atoms with Crippen molar-refractivity contribution in [3.05, 3.63) is 128 Å². The van der Waals surface area contributed by atoms with Gasteiger partial charge in [-0.25, -0.2) is 9.79 Å². The molecule has 1 aliphatic heterocycles. The molecule has 0 bridgehead atoms. The van der Waals surface area contributed by atoms with Gasteiger partial charge in [0.1, 0.15) is 12.4 Å². The van der Waals surface area contributed by atoms with Crippen LogP contribution >= 0.6 is 54.8 Å². The lowest BCUT2D eigenvalue weighted by Gasteiger charge is -2.24. The number of hydrogen-bond donors (Lipinski definition) is 0. The van der Waals surface area contributed by atoms with Gasteiger partial charge in [-0.15, -0.1) is 0 Å². The third-order valence-electron chi connectivity index (χ3n) is 6.28. The topological polar surface area (TPSA) is 69.9 Å². The zero-order valence-electron chi connectivity index (χ0n) is 21.5. The van der Waals surface area contributed by atoms with Gasteiger partial charge in [-0.1, -0.05) is 71.5 Å². The van der Waals surface area contributed by atoms with E-state index in [0.29, 0.717) is 38.0 Å². The number of carbonyl (C=O) groups excluding carboxylic acids is 1. The standard InChI is InChI=1S/C30H23Br2ClN2O4S/c1-3-38-29(37)25-17(2)34-30-35(26(25)19-9-5-4-6-10-19)28(36)24(40-30)15-18-13-21(31)27(22(32)14-18)39-16-20-11-7-8-12-23(20)33/h4-15,26H,3,16H2,1-2H3/b24-15-/t26-/m1/s1. The smallest absolute Gasteiger partial charge is 0.338 e. The van der Waals surface area contributed by atoms with Gasteiger partial charge in [0.25, 0.3) is 5.56 Å². The molecule has 3 aromatic carbocycles. The number of hydrogen-bond acceptors (Lipinski definition) is 6. The van der Waals surface area contributed by atoms with Crippen molar-refractivity contribution >= 4 is 66.8 Å². The second kappa shape index (κ2) is 12.3. The van der Waals surface area contributed by atoms with E-state index < -0.39 is 12.0 Å². The van der Waals surface area contributed by atoms with Crippen LogP contribution in [0.2, 0.25) is 5.02 Å². The molecule has 4 aromatic rings. The van der Waals surface area contributed by atoms with Crippen LogP contribution in [-0.4, -0.2) is 17.1 Å². The largest absolute Gasteiger partial charge is 0.486 e. The molecule has 0 spiro atoms. The predicted octanol–water partition coefficient (Wildman–Crippen LogP) is 6.56. The first kappa shape index (κ1) is 28.5. The first-order valence-corrected chi connectivity index (χ1v) is 15.2. The van der Waals surface area contributed by atoms with E-state index in [1.165, 1.54) is 11.3 Å². The molecule has 0 saturated carbocycles. The number of carbonyl (C=O) groups is 1. The van der Waals surface area contributed by atoms with Crippen molar-refractivity contribution in [1.82, 2.24) is 4.57 Å². The lowest BCUT2D eigenvalue weighted by molar-refractivity contribution is -0.139. The van der Waals surface area contributed by atoms with Gasteiger partial charge in [-0.2, -0.15) is 0 Å². The number of thiazole rings is 1. The van der Waals surface area contributed by atoms with E-state index in [9.17, 15) is 9.59 Å². The maximum atomic E-state index is 13.8. The molecule has 0 amide bonds. The van der Waals surface area contributed by atoms with Gasteiger partial charge >= 0.3 is 5.97 Å². The molecule has 5 rings (SSSR count). The number of nitrogens with zero attached hydrogens (tertiary/aromatic N) is 2. The van der Waals surface area contributed by atoms with Crippen LogP contribution in [0.1, 0.15) is 36.6 Å². The maximum absolute atomic E-state index is 13.8. The van der Waals surface area contributed by atoms with E-state index >= 15 is 0 Å². The number of halogens is 3. The number of benzene rings is 3. The fraction of sp³-hybridized carbons (Fsp3) is 0.167. The highest BCUT2D eigenvalue weighted by atomic mass is 79.9. The molecule has 1 atom stereocenters. The Kier molecular flexibility index (Phi) is 8.75.